The normalized spacial score (nSPS) is 18.6. The number of hydrogen-bond donors (Lipinski definition) is 0. The molecule has 0 N–H and O–H groups in total. The number of amides is 2. The average Bonchev–Trinajstić information content (AvgIpc) is 2.80. The minimum atomic E-state index is 0.0192. The van der Waals surface area contributed by atoms with E-state index in [1.54, 1.807) is 24.5 Å². The molecular formula is C24H29N3O2. The molecule has 0 radical (unpaired) electrons. The average molecular weight is 392 g/mol. The Balaban J connectivity index is 1.23. The van der Waals surface area contributed by atoms with Crippen molar-refractivity contribution in [2.24, 2.45) is 11.8 Å². The molecule has 4 rings (SSSR count). The Morgan fingerprint density at radius 3 is 2.21 bits per heavy atom. The second-order valence-corrected chi connectivity index (χ2v) is 8.27. The molecule has 0 bridgehead atoms. The van der Waals surface area contributed by atoms with Crippen LogP contribution >= 0.6 is 0 Å². The summed E-state index contributed by atoms with van der Waals surface area (Å²) < 4.78 is 0. The van der Waals surface area contributed by atoms with Gasteiger partial charge in [-0.1, -0.05) is 30.3 Å². The van der Waals surface area contributed by atoms with Gasteiger partial charge in [0.15, 0.2) is 0 Å². The molecule has 1 aromatic carbocycles. The van der Waals surface area contributed by atoms with Crippen LogP contribution in [0.4, 0.5) is 0 Å². The Morgan fingerprint density at radius 2 is 1.55 bits per heavy atom. The second-order valence-electron chi connectivity index (χ2n) is 8.27. The molecular weight excluding hydrogens is 362 g/mol. The molecule has 29 heavy (non-hydrogen) atoms. The van der Waals surface area contributed by atoms with Gasteiger partial charge < -0.3 is 9.80 Å². The first-order valence-corrected chi connectivity index (χ1v) is 10.7. The van der Waals surface area contributed by atoms with Crippen LogP contribution in [0.5, 0.6) is 0 Å². The van der Waals surface area contributed by atoms with Crippen LogP contribution in [-0.4, -0.2) is 52.8 Å². The van der Waals surface area contributed by atoms with Crippen molar-refractivity contribution < 1.29 is 9.59 Å². The predicted molar refractivity (Wildman–Crippen MR) is 112 cm³/mol. The third-order valence-electron chi connectivity index (χ3n) is 6.33. The Morgan fingerprint density at radius 1 is 0.862 bits per heavy atom. The van der Waals surface area contributed by atoms with Crippen molar-refractivity contribution in [1.82, 2.24) is 14.8 Å². The molecule has 152 valence electrons. The van der Waals surface area contributed by atoms with Crippen LogP contribution in [0, 0.1) is 11.8 Å². The van der Waals surface area contributed by atoms with Crippen LogP contribution in [0.25, 0.3) is 0 Å². The molecule has 0 aliphatic carbocycles. The van der Waals surface area contributed by atoms with E-state index in [0.717, 1.165) is 45.2 Å². The number of pyridine rings is 1. The van der Waals surface area contributed by atoms with Gasteiger partial charge in [0.25, 0.3) is 5.91 Å². The lowest BCUT2D eigenvalue weighted by Crippen LogP contribution is -2.46. The highest BCUT2D eigenvalue weighted by atomic mass is 16.2. The molecule has 2 amide bonds. The number of likely N-dealkylation sites (tertiary alicyclic amines) is 2. The molecule has 5 nitrogen and oxygen atoms in total. The standard InChI is InChI=1S/C24H29N3O2/c28-23(26-13-8-20(9-14-26)17-19-5-2-1-3-6-19)21-10-15-27(16-11-21)24(29)22-7-4-12-25-18-22/h1-7,12,18,20-21H,8-11,13-17H2. The first kappa shape index (κ1) is 19.6. The van der Waals surface area contributed by atoms with Crippen molar-refractivity contribution in [2.45, 2.75) is 32.1 Å². The molecule has 0 atom stereocenters. The zero-order valence-corrected chi connectivity index (χ0v) is 16.9. The minimum Gasteiger partial charge on any atom is -0.342 e. The van der Waals surface area contributed by atoms with Gasteiger partial charge in [0.05, 0.1) is 5.56 Å². The Kier molecular flexibility index (Phi) is 6.23. The highest BCUT2D eigenvalue weighted by Gasteiger charge is 2.32. The van der Waals surface area contributed by atoms with Crippen LogP contribution in [-0.2, 0) is 11.2 Å². The monoisotopic (exact) mass is 391 g/mol. The molecule has 2 fully saturated rings. The van der Waals surface area contributed by atoms with Gasteiger partial charge in [0.1, 0.15) is 0 Å². The maximum atomic E-state index is 13.0. The zero-order chi connectivity index (χ0) is 20.1. The summed E-state index contributed by atoms with van der Waals surface area (Å²) in [5.74, 6) is 1.03. The number of hydrogen-bond acceptors (Lipinski definition) is 3. The van der Waals surface area contributed by atoms with E-state index in [4.69, 9.17) is 0 Å². The van der Waals surface area contributed by atoms with Crippen molar-refractivity contribution in [1.29, 1.82) is 0 Å². The van der Waals surface area contributed by atoms with E-state index in [-0.39, 0.29) is 17.7 Å². The van der Waals surface area contributed by atoms with Gasteiger partial charge in [0.2, 0.25) is 5.91 Å². The number of aromatic nitrogens is 1. The lowest BCUT2D eigenvalue weighted by molar-refractivity contribution is -0.138. The van der Waals surface area contributed by atoms with Crippen molar-refractivity contribution in [3.05, 3.63) is 66.0 Å². The summed E-state index contributed by atoms with van der Waals surface area (Å²) >= 11 is 0. The zero-order valence-electron chi connectivity index (χ0n) is 16.9. The van der Waals surface area contributed by atoms with Crippen molar-refractivity contribution in [2.75, 3.05) is 26.2 Å². The number of nitrogens with zero attached hydrogens (tertiary/aromatic N) is 3. The quantitative estimate of drug-likeness (QED) is 0.803. The van der Waals surface area contributed by atoms with Crippen molar-refractivity contribution in [3.8, 4) is 0 Å². The Hall–Kier alpha value is -2.69. The number of carbonyl (C=O) groups is 2. The summed E-state index contributed by atoms with van der Waals surface area (Å²) in [6.45, 7) is 3.03. The number of rotatable bonds is 4. The molecule has 0 saturated carbocycles. The molecule has 2 aliphatic heterocycles. The fourth-order valence-corrected chi connectivity index (χ4v) is 4.56. The molecule has 2 saturated heterocycles. The minimum absolute atomic E-state index is 0.0192. The summed E-state index contributed by atoms with van der Waals surface area (Å²) in [6, 6.07) is 14.2. The van der Waals surface area contributed by atoms with Gasteiger partial charge in [-0.2, -0.15) is 0 Å². The maximum Gasteiger partial charge on any atom is 0.255 e. The van der Waals surface area contributed by atoms with E-state index >= 15 is 0 Å². The predicted octanol–water partition coefficient (Wildman–Crippen LogP) is 3.42. The number of piperidine rings is 2. The first-order valence-electron chi connectivity index (χ1n) is 10.7. The van der Waals surface area contributed by atoms with Crippen LogP contribution in [0.2, 0.25) is 0 Å². The fourth-order valence-electron chi connectivity index (χ4n) is 4.56. The van der Waals surface area contributed by atoms with E-state index in [9.17, 15) is 9.59 Å². The van der Waals surface area contributed by atoms with Gasteiger partial charge in [-0.05, 0) is 55.7 Å². The van der Waals surface area contributed by atoms with E-state index in [2.05, 4.69) is 40.2 Å². The SMILES string of the molecule is O=C(c1cccnc1)N1CCC(C(=O)N2CCC(Cc3ccccc3)CC2)CC1. The maximum absolute atomic E-state index is 13.0. The van der Waals surface area contributed by atoms with Crippen molar-refractivity contribution in [3.63, 3.8) is 0 Å². The molecule has 3 heterocycles. The van der Waals surface area contributed by atoms with E-state index in [0.29, 0.717) is 24.6 Å². The smallest absolute Gasteiger partial charge is 0.255 e. The van der Waals surface area contributed by atoms with Gasteiger partial charge >= 0.3 is 0 Å². The number of benzene rings is 1. The molecule has 0 unspecified atom stereocenters. The molecule has 1 aromatic heterocycles. The summed E-state index contributed by atoms with van der Waals surface area (Å²) in [5, 5.41) is 0. The first-order chi connectivity index (χ1) is 14.2. The van der Waals surface area contributed by atoms with Crippen LogP contribution in [0.3, 0.4) is 0 Å². The van der Waals surface area contributed by atoms with E-state index < -0.39 is 0 Å². The van der Waals surface area contributed by atoms with Gasteiger partial charge in [-0.15, -0.1) is 0 Å². The fraction of sp³-hybridized carbons (Fsp3) is 0.458. The summed E-state index contributed by atoms with van der Waals surface area (Å²) in [7, 11) is 0. The lowest BCUT2D eigenvalue weighted by Gasteiger charge is -2.37. The topological polar surface area (TPSA) is 53.5 Å². The third-order valence-corrected chi connectivity index (χ3v) is 6.33. The molecule has 2 aliphatic rings. The molecule has 5 heteroatoms. The highest BCUT2D eigenvalue weighted by Crippen LogP contribution is 2.26. The largest absolute Gasteiger partial charge is 0.342 e. The van der Waals surface area contributed by atoms with E-state index in [1.807, 2.05) is 4.90 Å². The second kappa shape index (κ2) is 9.21. The Bertz CT molecular complexity index is 809. The van der Waals surface area contributed by atoms with Crippen LogP contribution in [0.15, 0.2) is 54.9 Å². The molecule has 0 spiro atoms. The third kappa shape index (κ3) is 4.84. The summed E-state index contributed by atoms with van der Waals surface area (Å²) in [5.41, 5.74) is 2.01. The van der Waals surface area contributed by atoms with Crippen LogP contribution < -0.4 is 0 Å². The van der Waals surface area contributed by atoms with Crippen LogP contribution in [0.1, 0.15) is 41.6 Å². The van der Waals surface area contributed by atoms with Crippen molar-refractivity contribution >= 4 is 11.8 Å². The van der Waals surface area contributed by atoms with Gasteiger partial charge in [-0.3, -0.25) is 14.6 Å². The lowest BCUT2D eigenvalue weighted by atomic mass is 9.88. The van der Waals surface area contributed by atoms with Gasteiger partial charge in [0, 0.05) is 44.5 Å². The highest BCUT2D eigenvalue weighted by molar-refractivity contribution is 5.94. The number of carbonyl (C=O) groups excluding carboxylic acids is 2. The Labute approximate surface area is 172 Å². The van der Waals surface area contributed by atoms with Gasteiger partial charge in [-0.25, -0.2) is 0 Å². The van der Waals surface area contributed by atoms with E-state index in [1.165, 1.54) is 5.56 Å². The summed E-state index contributed by atoms with van der Waals surface area (Å²) in [6.07, 6.45) is 8.07. The summed E-state index contributed by atoms with van der Waals surface area (Å²) in [4.78, 5) is 33.5. The molecule has 2 aromatic rings.